The van der Waals surface area contributed by atoms with E-state index in [0.717, 1.165) is 16.2 Å². The van der Waals surface area contributed by atoms with Crippen LogP contribution in [0.25, 0.3) is 5.76 Å². The molecule has 1 aromatic heterocycles. The van der Waals surface area contributed by atoms with Gasteiger partial charge in [-0.1, -0.05) is 36.1 Å². The zero-order valence-corrected chi connectivity index (χ0v) is 21.1. The SMILES string of the molecule is C=CCOC(=O)c1sc(N2C(=O)C(=O)/C(=C(/O)c3ccc(OC)c(C)c3)C2c2ccc(F)cc2)nc1C. The summed E-state index contributed by atoms with van der Waals surface area (Å²) in [7, 11) is 1.51. The Morgan fingerprint density at radius 2 is 1.92 bits per heavy atom. The predicted octanol–water partition coefficient (Wildman–Crippen LogP) is 4.88. The number of aromatic nitrogens is 1. The second-order valence-corrected chi connectivity index (χ2v) is 9.18. The molecule has 1 saturated heterocycles. The molecular formula is C27H23FN2O6S. The van der Waals surface area contributed by atoms with E-state index in [4.69, 9.17) is 9.47 Å². The Kier molecular flexibility index (Phi) is 7.21. The van der Waals surface area contributed by atoms with Gasteiger partial charge in [0.25, 0.3) is 5.78 Å². The maximum absolute atomic E-state index is 13.7. The maximum Gasteiger partial charge on any atom is 0.350 e. The van der Waals surface area contributed by atoms with Gasteiger partial charge in [0.05, 0.1) is 24.4 Å². The molecule has 0 spiro atoms. The number of esters is 1. The van der Waals surface area contributed by atoms with Crippen LogP contribution in [0.1, 0.15) is 38.1 Å². The average Bonchev–Trinajstić information content (AvgIpc) is 3.39. The molecule has 2 aromatic carbocycles. The van der Waals surface area contributed by atoms with Crippen LogP contribution >= 0.6 is 11.3 Å². The molecule has 1 fully saturated rings. The summed E-state index contributed by atoms with van der Waals surface area (Å²) in [4.78, 5) is 44.7. The molecule has 0 aliphatic carbocycles. The lowest BCUT2D eigenvalue weighted by atomic mass is 9.95. The van der Waals surface area contributed by atoms with Crippen molar-refractivity contribution < 1.29 is 33.4 Å². The number of amides is 1. The summed E-state index contributed by atoms with van der Waals surface area (Å²) in [5.74, 6) is -2.86. The number of rotatable bonds is 7. The van der Waals surface area contributed by atoms with Gasteiger partial charge < -0.3 is 14.6 Å². The number of aliphatic hydroxyl groups excluding tert-OH is 1. The van der Waals surface area contributed by atoms with Crippen molar-refractivity contribution in [2.24, 2.45) is 0 Å². The molecule has 4 rings (SSSR count). The highest BCUT2D eigenvalue weighted by atomic mass is 32.1. The minimum atomic E-state index is -1.12. The van der Waals surface area contributed by atoms with Gasteiger partial charge in [-0.25, -0.2) is 14.2 Å². The molecule has 37 heavy (non-hydrogen) atoms. The Morgan fingerprint density at radius 3 is 2.54 bits per heavy atom. The second kappa shape index (κ2) is 10.4. The largest absolute Gasteiger partial charge is 0.507 e. The number of aryl methyl sites for hydroxylation is 2. The number of carbonyl (C=O) groups excluding carboxylic acids is 3. The fourth-order valence-electron chi connectivity index (χ4n) is 4.05. The number of ether oxygens (including phenoxy) is 2. The summed E-state index contributed by atoms with van der Waals surface area (Å²) >= 11 is 0.878. The quantitative estimate of drug-likeness (QED) is 0.155. The van der Waals surface area contributed by atoms with Crippen LogP contribution in [0.3, 0.4) is 0 Å². The molecule has 3 aromatic rings. The maximum atomic E-state index is 13.7. The molecule has 0 bridgehead atoms. The molecule has 1 aliphatic heterocycles. The first-order valence-electron chi connectivity index (χ1n) is 11.1. The number of hydrogen-bond acceptors (Lipinski definition) is 8. The highest BCUT2D eigenvalue weighted by Crippen LogP contribution is 2.44. The number of ketones is 1. The lowest BCUT2D eigenvalue weighted by Gasteiger charge is -2.23. The number of aliphatic hydroxyl groups is 1. The number of carbonyl (C=O) groups is 3. The smallest absolute Gasteiger partial charge is 0.350 e. The van der Waals surface area contributed by atoms with Gasteiger partial charge in [0.2, 0.25) is 0 Å². The van der Waals surface area contributed by atoms with Crippen molar-refractivity contribution in [1.29, 1.82) is 0 Å². The number of halogens is 1. The molecule has 1 aliphatic rings. The number of Topliss-reactive ketones (excluding diaryl/α,β-unsaturated/α-hetero) is 1. The van der Waals surface area contributed by atoms with Crippen LogP contribution < -0.4 is 9.64 Å². The van der Waals surface area contributed by atoms with E-state index in [1.807, 2.05) is 0 Å². The highest BCUT2D eigenvalue weighted by Gasteiger charge is 2.48. The fourth-order valence-corrected chi connectivity index (χ4v) is 5.03. The van der Waals surface area contributed by atoms with Gasteiger partial charge in [0.1, 0.15) is 28.8 Å². The van der Waals surface area contributed by atoms with Crippen LogP contribution in [0.2, 0.25) is 0 Å². The van der Waals surface area contributed by atoms with Crippen molar-refractivity contribution in [1.82, 2.24) is 4.98 Å². The number of methoxy groups -OCH3 is 1. The number of thiazole rings is 1. The number of benzene rings is 2. The summed E-state index contributed by atoms with van der Waals surface area (Å²) < 4.78 is 24.1. The lowest BCUT2D eigenvalue weighted by molar-refractivity contribution is -0.132. The number of hydrogen-bond donors (Lipinski definition) is 1. The van der Waals surface area contributed by atoms with Gasteiger partial charge in [0.15, 0.2) is 5.13 Å². The van der Waals surface area contributed by atoms with E-state index in [1.165, 1.54) is 37.5 Å². The third-order valence-electron chi connectivity index (χ3n) is 5.81. The van der Waals surface area contributed by atoms with Crippen LogP contribution in [0.15, 0.2) is 60.7 Å². The molecular weight excluding hydrogens is 499 g/mol. The third kappa shape index (κ3) is 4.75. The molecule has 0 radical (unpaired) electrons. The van der Waals surface area contributed by atoms with Crippen molar-refractivity contribution >= 4 is 39.9 Å². The Balaban J connectivity index is 1.88. The topological polar surface area (TPSA) is 106 Å². The fraction of sp³-hybridized carbons (Fsp3) is 0.185. The Hall–Kier alpha value is -4.31. The van der Waals surface area contributed by atoms with Gasteiger partial charge in [-0.05, 0) is 55.3 Å². The monoisotopic (exact) mass is 522 g/mol. The van der Waals surface area contributed by atoms with Crippen molar-refractivity contribution in [2.75, 3.05) is 18.6 Å². The molecule has 8 nitrogen and oxygen atoms in total. The molecule has 1 atom stereocenters. The lowest BCUT2D eigenvalue weighted by Crippen LogP contribution is -2.29. The zero-order chi connectivity index (χ0) is 26.9. The molecule has 1 unspecified atom stereocenters. The molecule has 10 heteroatoms. The van der Waals surface area contributed by atoms with Crippen LogP contribution in [-0.4, -0.2) is 41.5 Å². The van der Waals surface area contributed by atoms with Crippen LogP contribution in [0.4, 0.5) is 9.52 Å². The van der Waals surface area contributed by atoms with Crippen molar-refractivity contribution in [3.05, 3.63) is 93.8 Å². The number of anilines is 1. The standard InChI is InChI=1S/C27H23FN2O6S/c1-5-12-36-26(34)24-15(3)29-27(37-24)30-21(16-6-9-18(28)10-7-16)20(23(32)25(30)33)22(31)17-8-11-19(35-4)14(2)13-17/h5-11,13,21,31H,1,12H2,2-4H3/b22-20+. The first kappa shape index (κ1) is 25.8. The van der Waals surface area contributed by atoms with Crippen LogP contribution in [0.5, 0.6) is 5.75 Å². The van der Waals surface area contributed by atoms with Crippen molar-refractivity contribution in [3.8, 4) is 5.75 Å². The Morgan fingerprint density at radius 1 is 1.22 bits per heavy atom. The van der Waals surface area contributed by atoms with E-state index in [1.54, 1.807) is 32.0 Å². The average molecular weight is 523 g/mol. The minimum Gasteiger partial charge on any atom is -0.507 e. The molecule has 1 amide bonds. The number of nitrogens with zero attached hydrogens (tertiary/aromatic N) is 2. The van der Waals surface area contributed by atoms with Gasteiger partial charge in [-0.2, -0.15) is 0 Å². The summed E-state index contributed by atoms with van der Waals surface area (Å²) in [5.41, 5.74) is 1.49. The molecule has 190 valence electrons. The summed E-state index contributed by atoms with van der Waals surface area (Å²) in [6.07, 6.45) is 1.42. The Bertz CT molecular complexity index is 1440. The summed E-state index contributed by atoms with van der Waals surface area (Å²) in [5, 5.41) is 11.3. The van der Waals surface area contributed by atoms with Gasteiger partial charge in [-0.3, -0.25) is 14.5 Å². The first-order valence-corrected chi connectivity index (χ1v) is 12.0. The zero-order valence-electron chi connectivity index (χ0n) is 20.3. The highest BCUT2D eigenvalue weighted by molar-refractivity contribution is 7.17. The van der Waals surface area contributed by atoms with Crippen molar-refractivity contribution in [3.63, 3.8) is 0 Å². The van der Waals surface area contributed by atoms with E-state index >= 15 is 0 Å². The Labute approximate surface area is 216 Å². The van der Waals surface area contributed by atoms with E-state index < -0.39 is 35.3 Å². The molecule has 0 saturated carbocycles. The van der Waals surface area contributed by atoms with Gasteiger partial charge in [0, 0.05) is 5.56 Å². The third-order valence-corrected chi connectivity index (χ3v) is 6.94. The normalized spacial score (nSPS) is 16.6. The van der Waals surface area contributed by atoms with Crippen LogP contribution in [-0.2, 0) is 14.3 Å². The van der Waals surface area contributed by atoms with Gasteiger partial charge >= 0.3 is 11.9 Å². The second-order valence-electron chi connectivity index (χ2n) is 8.20. The summed E-state index contributed by atoms with van der Waals surface area (Å²) in [6, 6.07) is 8.94. The van der Waals surface area contributed by atoms with Gasteiger partial charge in [-0.15, -0.1) is 0 Å². The minimum absolute atomic E-state index is 0.00707. The van der Waals surface area contributed by atoms with E-state index in [9.17, 15) is 23.9 Å². The van der Waals surface area contributed by atoms with E-state index in [0.29, 0.717) is 28.1 Å². The predicted molar refractivity (Wildman–Crippen MR) is 136 cm³/mol. The summed E-state index contributed by atoms with van der Waals surface area (Å²) in [6.45, 7) is 6.85. The van der Waals surface area contributed by atoms with Crippen LogP contribution in [0, 0.1) is 19.7 Å². The molecule has 2 heterocycles. The first-order chi connectivity index (χ1) is 17.7. The van der Waals surface area contributed by atoms with Crippen molar-refractivity contribution in [2.45, 2.75) is 19.9 Å². The molecule has 1 N–H and O–H groups in total. The van der Waals surface area contributed by atoms with E-state index in [-0.39, 0.29) is 22.2 Å². The van der Waals surface area contributed by atoms with E-state index in [2.05, 4.69) is 11.6 Å².